The zero-order chi connectivity index (χ0) is 17.2. The van der Waals surface area contributed by atoms with E-state index in [0.29, 0.717) is 30.0 Å². The lowest BCUT2D eigenvalue weighted by Crippen LogP contribution is -2.46. The van der Waals surface area contributed by atoms with Crippen molar-refractivity contribution >= 4 is 11.4 Å². The van der Waals surface area contributed by atoms with Crippen LogP contribution in [0.15, 0.2) is 35.5 Å². The molecule has 1 saturated heterocycles. The van der Waals surface area contributed by atoms with Crippen LogP contribution in [-0.2, 0) is 5.79 Å². The first-order valence-corrected chi connectivity index (χ1v) is 7.99. The molecule has 1 unspecified atom stereocenters. The average Bonchev–Trinajstić information content (AvgIpc) is 2.43. The van der Waals surface area contributed by atoms with E-state index in [9.17, 15) is 4.39 Å². The van der Waals surface area contributed by atoms with Crippen LogP contribution in [0.1, 0.15) is 37.8 Å². The molecular weight excluding hydrogens is 291 g/mol. The van der Waals surface area contributed by atoms with Crippen molar-refractivity contribution in [1.82, 2.24) is 0 Å². The molecule has 1 heterocycles. The minimum absolute atomic E-state index is 0.509. The van der Waals surface area contributed by atoms with Crippen LogP contribution in [0.4, 0.5) is 10.1 Å². The van der Waals surface area contributed by atoms with E-state index < -0.39 is 5.79 Å². The van der Waals surface area contributed by atoms with Gasteiger partial charge in [0.15, 0.2) is 5.79 Å². The van der Waals surface area contributed by atoms with Gasteiger partial charge in [0.1, 0.15) is 0 Å². The summed E-state index contributed by atoms with van der Waals surface area (Å²) in [4.78, 5) is 6.48. The number of benzene rings is 1. The Bertz CT molecular complexity index is 610. The maximum atomic E-state index is 14.5. The van der Waals surface area contributed by atoms with Gasteiger partial charge < -0.3 is 10.6 Å². The summed E-state index contributed by atoms with van der Waals surface area (Å²) < 4.78 is 14.5. The second-order valence-electron chi connectivity index (χ2n) is 6.65. The maximum absolute atomic E-state index is 14.5. The van der Waals surface area contributed by atoms with Crippen molar-refractivity contribution in [2.75, 3.05) is 25.0 Å². The maximum Gasteiger partial charge on any atom is 0.184 e. The molecule has 126 valence electrons. The number of halogens is 1. The van der Waals surface area contributed by atoms with E-state index in [1.165, 1.54) is 6.92 Å². The lowest BCUT2D eigenvalue weighted by molar-refractivity contribution is 0.203. The van der Waals surface area contributed by atoms with Crippen LogP contribution in [0.25, 0.3) is 0 Å². The van der Waals surface area contributed by atoms with Crippen molar-refractivity contribution in [2.45, 2.75) is 32.5 Å². The summed E-state index contributed by atoms with van der Waals surface area (Å²) in [6, 6.07) is 5.75. The third-order valence-electron chi connectivity index (χ3n) is 4.21. The van der Waals surface area contributed by atoms with Gasteiger partial charge in [-0.25, -0.2) is 4.39 Å². The van der Waals surface area contributed by atoms with Gasteiger partial charge in [-0.05, 0) is 43.4 Å². The normalized spacial score (nSPS) is 18.5. The molecule has 1 aliphatic heterocycles. The highest BCUT2D eigenvalue weighted by molar-refractivity contribution is 6.01. The molecule has 0 bridgehead atoms. The molecule has 23 heavy (non-hydrogen) atoms. The van der Waals surface area contributed by atoms with E-state index in [4.69, 9.17) is 11.5 Å². The molecule has 2 rings (SSSR count). The molecule has 1 aromatic rings. The number of allylic oxidation sites excluding steroid dienone is 1. The number of alkyl halides is 1. The highest BCUT2D eigenvalue weighted by Crippen LogP contribution is 2.35. The molecule has 4 nitrogen and oxygen atoms in total. The second kappa shape index (κ2) is 6.71. The van der Waals surface area contributed by atoms with E-state index in [2.05, 4.69) is 23.4 Å². The Hall–Kier alpha value is -1.88. The molecule has 0 aliphatic carbocycles. The van der Waals surface area contributed by atoms with Crippen LogP contribution in [0.2, 0.25) is 0 Å². The topological polar surface area (TPSA) is 67.6 Å². The highest BCUT2D eigenvalue weighted by Gasteiger charge is 2.31. The van der Waals surface area contributed by atoms with Gasteiger partial charge in [-0.3, -0.25) is 10.7 Å². The number of rotatable bonds is 6. The average molecular weight is 318 g/mol. The molecule has 0 amide bonds. The van der Waals surface area contributed by atoms with Crippen LogP contribution in [0.3, 0.4) is 0 Å². The number of hydrogen-bond donors (Lipinski definition) is 2. The predicted molar refractivity (Wildman–Crippen MR) is 95.5 cm³/mol. The Kier molecular flexibility index (Phi) is 5.09. The van der Waals surface area contributed by atoms with Crippen molar-refractivity contribution < 1.29 is 4.39 Å². The zero-order valence-corrected chi connectivity index (χ0v) is 14.3. The van der Waals surface area contributed by atoms with Gasteiger partial charge in [0.2, 0.25) is 0 Å². The minimum Gasteiger partial charge on any atom is -0.403 e. The van der Waals surface area contributed by atoms with Crippen molar-refractivity contribution in [3.63, 3.8) is 0 Å². The van der Waals surface area contributed by atoms with E-state index in [0.717, 1.165) is 30.1 Å². The summed E-state index contributed by atoms with van der Waals surface area (Å²) in [6.45, 7) is 9.16. The highest BCUT2D eigenvalue weighted by atomic mass is 19.1. The molecule has 1 fully saturated rings. The Balaban J connectivity index is 2.34. The van der Waals surface area contributed by atoms with E-state index >= 15 is 0 Å². The minimum atomic E-state index is -1.89. The zero-order valence-electron chi connectivity index (χ0n) is 14.3. The summed E-state index contributed by atoms with van der Waals surface area (Å²) in [5, 5.41) is 0. The lowest BCUT2D eigenvalue weighted by atomic mass is 9.93. The third-order valence-corrected chi connectivity index (χ3v) is 4.21. The fourth-order valence-electron chi connectivity index (χ4n) is 2.94. The number of nitrogens with zero attached hydrogens (tertiary/aromatic N) is 2. The van der Waals surface area contributed by atoms with Gasteiger partial charge in [-0.15, -0.1) is 0 Å². The second-order valence-corrected chi connectivity index (χ2v) is 6.65. The van der Waals surface area contributed by atoms with Crippen molar-refractivity contribution in [2.24, 2.45) is 22.4 Å². The summed E-state index contributed by atoms with van der Waals surface area (Å²) in [7, 11) is 1.73. The molecule has 4 N–H and O–H groups in total. The van der Waals surface area contributed by atoms with Gasteiger partial charge in [0.05, 0.1) is 0 Å². The van der Waals surface area contributed by atoms with Gasteiger partial charge in [-0.2, -0.15) is 0 Å². The Morgan fingerprint density at radius 2 is 2.09 bits per heavy atom. The Labute approximate surface area is 138 Å². The van der Waals surface area contributed by atoms with E-state index in [1.54, 1.807) is 7.05 Å². The molecule has 5 heteroatoms. The summed E-state index contributed by atoms with van der Waals surface area (Å²) >= 11 is 0. The fraction of sp³-hybridized carbons (Fsp3) is 0.500. The number of aliphatic imine (C=N–C) groups is 1. The van der Waals surface area contributed by atoms with Gasteiger partial charge >= 0.3 is 0 Å². The first-order chi connectivity index (χ1) is 10.7. The molecule has 0 aromatic heterocycles. The molecule has 0 radical (unpaired) electrons. The quantitative estimate of drug-likeness (QED) is 0.626. The fourth-order valence-corrected chi connectivity index (χ4v) is 2.94. The standard InChI is InChI=1S/C18H27FN4/c1-12-10-23(11-12)17-8-6-14(9-15(17)18(3,19)21)16(22-4)7-5-13(2)20/h6,8-9,12H,2,5,7,10-11,20-21H2,1,3-4H3. The van der Waals surface area contributed by atoms with Crippen LogP contribution < -0.4 is 16.4 Å². The molecule has 1 atom stereocenters. The molecule has 1 aliphatic rings. The molecule has 0 saturated carbocycles. The van der Waals surface area contributed by atoms with Crippen LogP contribution in [-0.4, -0.2) is 25.8 Å². The first-order valence-electron chi connectivity index (χ1n) is 7.99. The lowest BCUT2D eigenvalue weighted by Gasteiger charge is -2.41. The Morgan fingerprint density at radius 1 is 1.43 bits per heavy atom. The van der Waals surface area contributed by atoms with Crippen molar-refractivity contribution in [3.05, 3.63) is 41.6 Å². The molecule has 1 aromatic carbocycles. The third kappa shape index (κ3) is 4.10. The van der Waals surface area contributed by atoms with Gasteiger partial charge in [-0.1, -0.05) is 19.6 Å². The van der Waals surface area contributed by atoms with Crippen LogP contribution in [0, 0.1) is 5.92 Å². The summed E-state index contributed by atoms with van der Waals surface area (Å²) in [5.74, 6) is -1.25. The van der Waals surface area contributed by atoms with E-state index in [-0.39, 0.29) is 0 Å². The largest absolute Gasteiger partial charge is 0.403 e. The number of nitrogens with two attached hydrogens (primary N) is 2. The molecular formula is C18H27FN4. The smallest absolute Gasteiger partial charge is 0.184 e. The van der Waals surface area contributed by atoms with Crippen molar-refractivity contribution in [3.8, 4) is 0 Å². The summed E-state index contributed by atoms with van der Waals surface area (Å²) in [5.41, 5.74) is 15.2. The first kappa shape index (κ1) is 17.5. The van der Waals surface area contributed by atoms with Gasteiger partial charge in [0.25, 0.3) is 0 Å². The van der Waals surface area contributed by atoms with Crippen LogP contribution in [0.5, 0.6) is 0 Å². The van der Waals surface area contributed by atoms with Crippen LogP contribution >= 0.6 is 0 Å². The van der Waals surface area contributed by atoms with Crippen molar-refractivity contribution in [1.29, 1.82) is 0 Å². The Morgan fingerprint density at radius 3 is 2.57 bits per heavy atom. The summed E-state index contributed by atoms with van der Waals surface area (Å²) in [6.07, 6.45) is 1.34. The monoisotopic (exact) mass is 318 g/mol. The molecule has 0 spiro atoms. The SMILES string of the molecule is C=C(N)CCC(=NC)c1ccc(N2CC(C)C2)c(C(C)(N)F)c1. The number of hydrogen-bond acceptors (Lipinski definition) is 4. The predicted octanol–water partition coefficient (Wildman–Crippen LogP) is 2.92. The number of anilines is 1. The van der Waals surface area contributed by atoms with E-state index in [1.807, 2.05) is 18.2 Å². The van der Waals surface area contributed by atoms with Gasteiger partial charge in [0, 0.05) is 42.8 Å².